The number of nitrogens with zero attached hydrogens (tertiary/aromatic N) is 2. The Labute approximate surface area is 82.2 Å². The van der Waals surface area contributed by atoms with E-state index in [1.807, 2.05) is 6.92 Å². The van der Waals surface area contributed by atoms with Crippen LogP contribution >= 0.6 is 0 Å². The number of nitrogens with one attached hydrogen (secondary N) is 1. The van der Waals surface area contributed by atoms with Crippen LogP contribution in [0.4, 0.5) is 5.88 Å². The van der Waals surface area contributed by atoms with Crippen molar-refractivity contribution in [2.24, 2.45) is 4.99 Å². The van der Waals surface area contributed by atoms with Gasteiger partial charge in [-0.05, 0) is 13.3 Å². The van der Waals surface area contributed by atoms with Crippen molar-refractivity contribution in [2.45, 2.75) is 20.3 Å². The van der Waals surface area contributed by atoms with Gasteiger partial charge in [-0.3, -0.25) is 4.79 Å². The van der Waals surface area contributed by atoms with Crippen LogP contribution in [0.15, 0.2) is 15.8 Å². The van der Waals surface area contributed by atoms with Gasteiger partial charge in [-0.25, -0.2) is 9.98 Å². The summed E-state index contributed by atoms with van der Waals surface area (Å²) in [6, 6.07) is 0. The van der Waals surface area contributed by atoms with Gasteiger partial charge in [0, 0.05) is 12.8 Å². The van der Waals surface area contributed by atoms with Crippen LogP contribution in [0.25, 0.3) is 0 Å². The summed E-state index contributed by atoms with van der Waals surface area (Å²) in [6.45, 7) is 4.44. The Kier molecular flexibility index (Phi) is 3.84. The van der Waals surface area contributed by atoms with Crippen molar-refractivity contribution in [3.05, 3.63) is 12.1 Å². The Bertz CT molecular complexity index is 331. The molecule has 0 bridgehead atoms. The minimum absolute atomic E-state index is 0.233. The van der Waals surface area contributed by atoms with Crippen molar-refractivity contribution >= 4 is 18.0 Å². The van der Waals surface area contributed by atoms with Gasteiger partial charge in [-0.15, -0.1) is 0 Å². The second-order valence-corrected chi connectivity index (χ2v) is 2.65. The van der Waals surface area contributed by atoms with Gasteiger partial charge in [-0.2, -0.15) is 0 Å². The normalized spacial score (nSPS) is 10.7. The van der Waals surface area contributed by atoms with Crippen LogP contribution in [0.2, 0.25) is 0 Å². The standard InChI is InChI=1S/C9H13N3O2/c1-3-5-11-9-7(12-6-14-9)8(13)10-4-2/h4,6,11H,3,5H2,1-2H3. The number of aromatic nitrogens is 1. The first kappa shape index (κ1) is 10.4. The third-order valence-electron chi connectivity index (χ3n) is 1.55. The highest BCUT2D eigenvalue weighted by atomic mass is 16.4. The number of aliphatic imine (C=N–C) groups is 1. The van der Waals surface area contributed by atoms with E-state index >= 15 is 0 Å². The molecule has 1 aromatic heterocycles. The molecule has 0 atom stereocenters. The lowest BCUT2D eigenvalue weighted by atomic mass is 10.4. The molecule has 5 nitrogen and oxygen atoms in total. The third kappa shape index (κ3) is 2.42. The molecule has 5 heteroatoms. The van der Waals surface area contributed by atoms with E-state index in [1.165, 1.54) is 12.6 Å². The van der Waals surface area contributed by atoms with Crippen LogP contribution in [-0.2, 0) is 0 Å². The van der Waals surface area contributed by atoms with Crippen molar-refractivity contribution in [1.82, 2.24) is 4.98 Å². The molecule has 0 aliphatic rings. The van der Waals surface area contributed by atoms with E-state index in [-0.39, 0.29) is 11.6 Å². The Morgan fingerprint density at radius 2 is 2.57 bits per heavy atom. The lowest BCUT2D eigenvalue weighted by Gasteiger charge is -1.99. The fourth-order valence-electron chi connectivity index (χ4n) is 0.941. The molecule has 1 aromatic rings. The van der Waals surface area contributed by atoms with Crippen molar-refractivity contribution < 1.29 is 9.21 Å². The molecule has 14 heavy (non-hydrogen) atoms. The number of carbonyl (C=O) groups is 1. The molecular weight excluding hydrogens is 182 g/mol. The fourth-order valence-corrected chi connectivity index (χ4v) is 0.941. The Balaban J connectivity index is 2.76. The van der Waals surface area contributed by atoms with Gasteiger partial charge in [0.15, 0.2) is 12.1 Å². The molecule has 0 aliphatic carbocycles. The van der Waals surface area contributed by atoms with Crippen LogP contribution in [-0.4, -0.2) is 23.7 Å². The van der Waals surface area contributed by atoms with Crippen molar-refractivity contribution in [2.75, 3.05) is 11.9 Å². The lowest BCUT2D eigenvalue weighted by molar-refractivity contribution is 0.0999. The molecule has 76 valence electrons. The molecule has 1 rings (SSSR count). The highest BCUT2D eigenvalue weighted by Gasteiger charge is 2.14. The lowest BCUT2D eigenvalue weighted by Crippen LogP contribution is -2.05. The molecule has 0 aliphatic heterocycles. The Hall–Kier alpha value is -1.65. The predicted molar refractivity (Wildman–Crippen MR) is 53.8 cm³/mol. The number of rotatable bonds is 4. The second-order valence-electron chi connectivity index (χ2n) is 2.65. The number of oxazole rings is 1. The van der Waals surface area contributed by atoms with Gasteiger partial charge < -0.3 is 9.73 Å². The molecule has 0 radical (unpaired) electrons. The molecular formula is C9H13N3O2. The first-order chi connectivity index (χ1) is 6.79. The van der Waals surface area contributed by atoms with E-state index in [1.54, 1.807) is 6.92 Å². The zero-order chi connectivity index (χ0) is 10.4. The second kappa shape index (κ2) is 5.16. The first-order valence-electron chi connectivity index (χ1n) is 4.50. The molecule has 0 saturated carbocycles. The van der Waals surface area contributed by atoms with Gasteiger partial charge in [0.1, 0.15) is 0 Å². The van der Waals surface area contributed by atoms with Crippen molar-refractivity contribution in [3.63, 3.8) is 0 Å². The number of amides is 1. The van der Waals surface area contributed by atoms with E-state index in [0.717, 1.165) is 13.0 Å². The average Bonchev–Trinajstić information content (AvgIpc) is 2.63. The number of hydrogen-bond acceptors (Lipinski definition) is 4. The molecule has 0 saturated heterocycles. The quantitative estimate of drug-likeness (QED) is 0.743. The van der Waals surface area contributed by atoms with Gasteiger partial charge >= 0.3 is 5.91 Å². The molecule has 0 fully saturated rings. The van der Waals surface area contributed by atoms with Gasteiger partial charge in [0.05, 0.1) is 0 Å². The molecule has 1 heterocycles. The summed E-state index contributed by atoms with van der Waals surface area (Å²) < 4.78 is 5.02. The van der Waals surface area contributed by atoms with Gasteiger partial charge in [-0.1, -0.05) is 6.92 Å². The summed E-state index contributed by atoms with van der Waals surface area (Å²) in [5, 5.41) is 2.96. The maximum absolute atomic E-state index is 11.3. The summed E-state index contributed by atoms with van der Waals surface area (Å²) >= 11 is 0. The molecule has 0 aromatic carbocycles. The van der Waals surface area contributed by atoms with Crippen LogP contribution in [0, 0.1) is 0 Å². The number of hydrogen-bond donors (Lipinski definition) is 1. The highest BCUT2D eigenvalue weighted by molar-refractivity contribution is 6.00. The van der Waals surface area contributed by atoms with E-state index in [4.69, 9.17) is 4.42 Å². The summed E-state index contributed by atoms with van der Waals surface area (Å²) in [7, 11) is 0. The Morgan fingerprint density at radius 3 is 3.21 bits per heavy atom. The summed E-state index contributed by atoms with van der Waals surface area (Å²) in [5.74, 6) is 0.00213. The van der Waals surface area contributed by atoms with Crippen LogP contribution < -0.4 is 5.32 Å². The molecule has 0 unspecified atom stereocenters. The van der Waals surface area contributed by atoms with Crippen LogP contribution in [0.3, 0.4) is 0 Å². The maximum atomic E-state index is 11.3. The van der Waals surface area contributed by atoms with Crippen LogP contribution in [0.5, 0.6) is 0 Å². The summed E-state index contributed by atoms with van der Waals surface area (Å²) in [4.78, 5) is 18.7. The average molecular weight is 195 g/mol. The van der Waals surface area contributed by atoms with Gasteiger partial charge in [0.2, 0.25) is 5.88 Å². The third-order valence-corrected chi connectivity index (χ3v) is 1.55. The monoisotopic (exact) mass is 195 g/mol. The van der Waals surface area contributed by atoms with E-state index in [0.29, 0.717) is 5.88 Å². The Morgan fingerprint density at radius 1 is 1.79 bits per heavy atom. The molecule has 0 spiro atoms. The van der Waals surface area contributed by atoms with Crippen molar-refractivity contribution in [3.8, 4) is 0 Å². The summed E-state index contributed by atoms with van der Waals surface area (Å²) in [6.07, 6.45) is 3.61. The van der Waals surface area contributed by atoms with Crippen LogP contribution in [0.1, 0.15) is 30.8 Å². The topological polar surface area (TPSA) is 67.5 Å². The summed E-state index contributed by atoms with van der Waals surface area (Å²) in [5.41, 5.74) is 0.233. The predicted octanol–water partition coefficient (Wildman–Crippen LogP) is 1.73. The largest absolute Gasteiger partial charge is 0.427 e. The van der Waals surface area contributed by atoms with E-state index in [2.05, 4.69) is 15.3 Å². The zero-order valence-corrected chi connectivity index (χ0v) is 8.28. The van der Waals surface area contributed by atoms with E-state index < -0.39 is 0 Å². The fraction of sp³-hybridized carbons (Fsp3) is 0.444. The minimum atomic E-state index is -0.389. The number of carbonyl (C=O) groups excluding carboxylic acids is 1. The molecule has 1 N–H and O–H groups in total. The highest BCUT2D eigenvalue weighted by Crippen LogP contribution is 2.14. The SMILES string of the molecule is CC=NC(=O)c1ncoc1NCCC. The number of anilines is 1. The van der Waals surface area contributed by atoms with E-state index in [9.17, 15) is 4.79 Å². The first-order valence-corrected chi connectivity index (χ1v) is 4.50. The minimum Gasteiger partial charge on any atom is -0.427 e. The zero-order valence-electron chi connectivity index (χ0n) is 8.28. The smallest absolute Gasteiger partial charge is 0.300 e. The maximum Gasteiger partial charge on any atom is 0.300 e. The molecule has 1 amide bonds. The van der Waals surface area contributed by atoms with Crippen molar-refractivity contribution in [1.29, 1.82) is 0 Å². The van der Waals surface area contributed by atoms with Gasteiger partial charge in [0.25, 0.3) is 0 Å².